The SMILES string of the molecule is CSc1ccc(NC(=O)c2ccccc2CCN)cc1. The van der Waals surface area contributed by atoms with Crippen LogP contribution in [0.2, 0.25) is 0 Å². The van der Waals surface area contributed by atoms with Gasteiger partial charge in [-0.15, -0.1) is 11.8 Å². The Labute approximate surface area is 123 Å². The number of carbonyl (C=O) groups excluding carboxylic acids is 1. The molecule has 1 amide bonds. The third-order valence-corrected chi connectivity index (χ3v) is 3.77. The highest BCUT2D eigenvalue weighted by Crippen LogP contribution is 2.18. The number of rotatable bonds is 5. The van der Waals surface area contributed by atoms with Crippen LogP contribution in [0.4, 0.5) is 5.69 Å². The van der Waals surface area contributed by atoms with Crippen LogP contribution in [0.15, 0.2) is 53.4 Å². The summed E-state index contributed by atoms with van der Waals surface area (Å²) in [5, 5.41) is 2.92. The second-order valence-corrected chi connectivity index (χ2v) is 5.26. The van der Waals surface area contributed by atoms with Crippen molar-refractivity contribution in [3.05, 3.63) is 59.7 Å². The first-order chi connectivity index (χ1) is 9.74. The molecule has 4 heteroatoms. The zero-order valence-electron chi connectivity index (χ0n) is 11.4. The molecule has 0 aliphatic heterocycles. The lowest BCUT2D eigenvalue weighted by Gasteiger charge is -2.10. The van der Waals surface area contributed by atoms with Crippen molar-refractivity contribution in [1.29, 1.82) is 0 Å². The van der Waals surface area contributed by atoms with E-state index in [-0.39, 0.29) is 5.91 Å². The highest BCUT2D eigenvalue weighted by molar-refractivity contribution is 7.98. The van der Waals surface area contributed by atoms with Gasteiger partial charge in [-0.05, 0) is 55.1 Å². The van der Waals surface area contributed by atoms with Gasteiger partial charge in [0.1, 0.15) is 0 Å². The van der Waals surface area contributed by atoms with E-state index >= 15 is 0 Å². The van der Waals surface area contributed by atoms with Crippen molar-refractivity contribution < 1.29 is 4.79 Å². The average molecular weight is 286 g/mol. The second-order valence-electron chi connectivity index (χ2n) is 4.38. The van der Waals surface area contributed by atoms with Gasteiger partial charge in [0.05, 0.1) is 0 Å². The number of thioether (sulfide) groups is 1. The number of anilines is 1. The van der Waals surface area contributed by atoms with E-state index in [2.05, 4.69) is 5.32 Å². The molecule has 0 unspecified atom stereocenters. The third kappa shape index (κ3) is 3.62. The van der Waals surface area contributed by atoms with Crippen molar-refractivity contribution in [2.45, 2.75) is 11.3 Å². The van der Waals surface area contributed by atoms with E-state index in [9.17, 15) is 4.79 Å². The largest absolute Gasteiger partial charge is 0.330 e. The summed E-state index contributed by atoms with van der Waals surface area (Å²) in [6, 6.07) is 15.4. The summed E-state index contributed by atoms with van der Waals surface area (Å²) in [4.78, 5) is 13.5. The lowest BCUT2D eigenvalue weighted by molar-refractivity contribution is 0.102. The molecule has 3 N–H and O–H groups in total. The van der Waals surface area contributed by atoms with Crippen LogP contribution in [0.5, 0.6) is 0 Å². The van der Waals surface area contributed by atoms with Crippen molar-refractivity contribution >= 4 is 23.4 Å². The summed E-state index contributed by atoms with van der Waals surface area (Å²) < 4.78 is 0. The predicted octanol–water partition coefficient (Wildman–Crippen LogP) is 3.16. The monoisotopic (exact) mass is 286 g/mol. The summed E-state index contributed by atoms with van der Waals surface area (Å²) in [6.45, 7) is 0.534. The molecule has 0 fully saturated rings. The molecule has 0 spiro atoms. The van der Waals surface area contributed by atoms with Crippen LogP contribution in [0.1, 0.15) is 15.9 Å². The molecule has 0 aromatic heterocycles. The lowest BCUT2D eigenvalue weighted by atomic mass is 10.0. The molecule has 0 atom stereocenters. The van der Waals surface area contributed by atoms with Crippen molar-refractivity contribution in [1.82, 2.24) is 0 Å². The fraction of sp³-hybridized carbons (Fsp3) is 0.188. The van der Waals surface area contributed by atoms with Crippen molar-refractivity contribution in [2.24, 2.45) is 5.73 Å². The van der Waals surface area contributed by atoms with E-state index in [0.29, 0.717) is 18.5 Å². The van der Waals surface area contributed by atoms with Crippen molar-refractivity contribution in [3.8, 4) is 0 Å². The fourth-order valence-corrected chi connectivity index (χ4v) is 2.40. The van der Waals surface area contributed by atoms with Crippen molar-refractivity contribution in [2.75, 3.05) is 18.1 Å². The maximum absolute atomic E-state index is 12.3. The molecule has 2 aromatic rings. The van der Waals surface area contributed by atoms with E-state index in [4.69, 9.17) is 5.73 Å². The molecule has 0 heterocycles. The van der Waals surface area contributed by atoms with Crippen LogP contribution in [0, 0.1) is 0 Å². The van der Waals surface area contributed by atoms with E-state index in [1.54, 1.807) is 11.8 Å². The molecule has 0 bridgehead atoms. The third-order valence-electron chi connectivity index (χ3n) is 3.02. The minimum atomic E-state index is -0.0917. The van der Waals surface area contributed by atoms with E-state index in [1.165, 1.54) is 4.90 Å². The number of benzene rings is 2. The number of nitrogens with one attached hydrogen (secondary N) is 1. The van der Waals surface area contributed by atoms with Crippen LogP contribution in [-0.2, 0) is 6.42 Å². The highest BCUT2D eigenvalue weighted by atomic mass is 32.2. The Hall–Kier alpha value is -1.78. The average Bonchev–Trinajstić information content (AvgIpc) is 2.49. The van der Waals surface area contributed by atoms with E-state index < -0.39 is 0 Å². The maximum Gasteiger partial charge on any atom is 0.255 e. The topological polar surface area (TPSA) is 55.1 Å². The number of carbonyl (C=O) groups is 1. The van der Waals surface area contributed by atoms with Crippen LogP contribution in [0.25, 0.3) is 0 Å². The van der Waals surface area contributed by atoms with Gasteiger partial charge < -0.3 is 11.1 Å². The molecule has 20 heavy (non-hydrogen) atoms. The van der Waals surface area contributed by atoms with E-state index in [1.807, 2.05) is 54.8 Å². The highest BCUT2D eigenvalue weighted by Gasteiger charge is 2.10. The quantitative estimate of drug-likeness (QED) is 0.830. The summed E-state index contributed by atoms with van der Waals surface area (Å²) in [5.74, 6) is -0.0917. The molecule has 0 saturated carbocycles. The minimum Gasteiger partial charge on any atom is -0.330 e. The first kappa shape index (κ1) is 14.6. The van der Waals surface area contributed by atoms with E-state index in [0.717, 1.165) is 11.3 Å². The molecular formula is C16H18N2OS. The van der Waals surface area contributed by atoms with Gasteiger partial charge in [-0.3, -0.25) is 4.79 Å². The number of hydrogen-bond donors (Lipinski definition) is 2. The Morgan fingerprint density at radius 1 is 1.15 bits per heavy atom. The Morgan fingerprint density at radius 2 is 1.85 bits per heavy atom. The smallest absolute Gasteiger partial charge is 0.255 e. The van der Waals surface area contributed by atoms with Gasteiger partial charge in [-0.2, -0.15) is 0 Å². The number of amides is 1. The standard InChI is InChI=1S/C16H18N2OS/c1-20-14-8-6-13(7-9-14)18-16(19)15-5-3-2-4-12(15)10-11-17/h2-9H,10-11,17H2,1H3,(H,18,19). The summed E-state index contributed by atoms with van der Waals surface area (Å²) >= 11 is 1.68. The zero-order chi connectivity index (χ0) is 14.4. The Balaban J connectivity index is 2.15. The molecule has 2 aromatic carbocycles. The molecule has 2 rings (SSSR count). The normalized spacial score (nSPS) is 10.3. The first-order valence-corrected chi connectivity index (χ1v) is 7.70. The van der Waals surface area contributed by atoms with Gasteiger partial charge in [0.2, 0.25) is 0 Å². The molecule has 0 aliphatic rings. The lowest BCUT2D eigenvalue weighted by Crippen LogP contribution is -2.15. The van der Waals surface area contributed by atoms with Crippen LogP contribution in [-0.4, -0.2) is 18.7 Å². The Kier molecular flexibility index (Phi) is 5.21. The van der Waals surface area contributed by atoms with Crippen LogP contribution >= 0.6 is 11.8 Å². The molecule has 104 valence electrons. The van der Waals surface area contributed by atoms with Crippen LogP contribution in [0.3, 0.4) is 0 Å². The van der Waals surface area contributed by atoms with Gasteiger partial charge >= 0.3 is 0 Å². The molecule has 0 saturated heterocycles. The first-order valence-electron chi connectivity index (χ1n) is 6.48. The maximum atomic E-state index is 12.3. The van der Waals surface area contributed by atoms with Gasteiger partial charge in [-0.25, -0.2) is 0 Å². The number of nitrogens with two attached hydrogens (primary N) is 1. The van der Waals surface area contributed by atoms with Crippen molar-refractivity contribution in [3.63, 3.8) is 0 Å². The molecular weight excluding hydrogens is 268 g/mol. The fourth-order valence-electron chi connectivity index (χ4n) is 1.99. The predicted molar refractivity (Wildman–Crippen MR) is 85.4 cm³/mol. The second kappa shape index (κ2) is 7.12. The van der Waals surface area contributed by atoms with Gasteiger partial charge in [0, 0.05) is 16.1 Å². The molecule has 0 aliphatic carbocycles. The molecule has 0 radical (unpaired) electrons. The van der Waals surface area contributed by atoms with Crippen LogP contribution < -0.4 is 11.1 Å². The summed E-state index contributed by atoms with van der Waals surface area (Å²) in [5.41, 5.74) is 8.05. The number of hydrogen-bond acceptors (Lipinski definition) is 3. The Bertz CT molecular complexity index is 581. The molecule has 3 nitrogen and oxygen atoms in total. The van der Waals surface area contributed by atoms with Gasteiger partial charge in [0.25, 0.3) is 5.91 Å². The minimum absolute atomic E-state index is 0.0917. The summed E-state index contributed by atoms with van der Waals surface area (Å²) in [6.07, 6.45) is 2.73. The van der Waals surface area contributed by atoms with Gasteiger partial charge in [-0.1, -0.05) is 18.2 Å². The summed E-state index contributed by atoms with van der Waals surface area (Å²) in [7, 11) is 0. The van der Waals surface area contributed by atoms with Gasteiger partial charge in [0.15, 0.2) is 0 Å². The Morgan fingerprint density at radius 3 is 2.50 bits per heavy atom. The zero-order valence-corrected chi connectivity index (χ0v) is 12.2.